The van der Waals surface area contributed by atoms with E-state index >= 15 is 0 Å². The normalized spacial score (nSPS) is 18.1. The van der Waals surface area contributed by atoms with Gasteiger partial charge >= 0.3 is 0 Å². The minimum absolute atomic E-state index is 0.0128. The van der Waals surface area contributed by atoms with Gasteiger partial charge in [0.2, 0.25) is 0 Å². The van der Waals surface area contributed by atoms with E-state index in [-0.39, 0.29) is 12.6 Å². The van der Waals surface area contributed by atoms with Gasteiger partial charge in [-0.3, -0.25) is 0 Å². The van der Waals surface area contributed by atoms with Gasteiger partial charge in [0.1, 0.15) is 12.4 Å². The van der Waals surface area contributed by atoms with Crippen LogP contribution in [0.1, 0.15) is 23.3 Å². The van der Waals surface area contributed by atoms with E-state index in [0.29, 0.717) is 12.2 Å². The van der Waals surface area contributed by atoms with Crippen LogP contribution in [0.3, 0.4) is 0 Å². The Morgan fingerprint density at radius 2 is 2.00 bits per heavy atom. The number of ether oxygens (including phenoxy) is 1. The lowest BCUT2D eigenvalue weighted by Gasteiger charge is -2.16. The molecule has 2 N–H and O–H groups in total. The van der Waals surface area contributed by atoms with Gasteiger partial charge in [0.15, 0.2) is 11.6 Å². The van der Waals surface area contributed by atoms with Crippen LogP contribution in [0, 0.1) is 11.6 Å². The predicted molar refractivity (Wildman–Crippen MR) is 74.0 cm³/mol. The molecule has 2 aromatic carbocycles. The first-order valence-electron chi connectivity index (χ1n) is 6.73. The first-order chi connectivity index (χ1) is 10.1. The van der Waals surface area contributed by atoms with Crippen molar-refractivity contribution in [2.75, 3.05) is 13.2 Å². The van der Waals surface area contributed by atoms with Gasteiger partial charge in [-0.05, 0) is 23.8 Å². The lowest BCUT2D eigenvalue weighted by Crippen LogP contribution is -2.27. The van der Waals surface area contributed by atoms with E-state index in [2.05, 4.69) is 5.32 Å². The van der Waals surface area contributed by atoms with Crippen LogP contribution in [0.2, 0.25) is 0 Å². The number of para-hydroxylation sites is 1. The highest BCUT2D eigenvalue weighted by molar-refractivity contribution is 5.39. The Balaban J connectivity index is 1.64. The largest absolute Gasteiger partial charge is 0.491 e. The fourth-order valence-electron chi connectivity index (χ4n) is 2.42. The number of rotatable bonds is 4. The van der Waals surface area contributed by atoms with Crippen molar-refractivity contribution in [2.24, 2.45) is 0 Å². The molecule has 3 nitrogen and oxygen atoms in total. The zero-order valence-corrected chi connectivity index (χ0v) is 11.2. The summed E-state index contributed by atoms with van der Waals surface area (Å²) in [6.07, 6.45) is -0.909. The summed E-state index contributed by atoms with van der Waals surface area (Å²) in [6.45, 7) is 0.720. The maximum Gasteiger partial charge on any atom is 0.159 e. The Bertz CT molecular complexity index is 648. The van der Waals surface area contributed by atoms with E-state index in [1.165, 1.54) is 6.07 Å². The molecule has 3 rings (SSSR count). The number of hydrogen-bond donors (Lipinski definition) is 2. The molecule has 21 heavy (non-hydrogen) atoms. The number of aliphatic hydroxyl groups is 1. The molecule has 2 atom stereocenters. The number of benzene rings is 2. The van der Waals surface area contributed by atoms with Crippen molar-refractivity contribution in [1.82, 2.24) is 5.32 Å². The third-order valence-electron chi connectivity index (χ3n) is 3.59. The Kier molecular flexibility index (Phi) is 3.86. The van der Waals surface area contributed by atoms with E-state index in [0.717, 1.165) is 23.4 Å². The van der Waals surface area contributed by atoms with Gasteiger partial charge in [0, 0.05) is 12.1 Å². The second kappa shape index (κ2) is 5.79. The van der Waals surface area contributed by atoms with Crippen LogP contribution >= 0.6 is 0 Å². The van der Waals surface area contributed by atoms with Crippen LogP contribution < -0.4 is 10.1 Å². The summed E-state index contributed by atoms with van der Waals surface area (Å²) >= 11 is 0. The van der Waals surface area contributed by atoms with Gasteiger partial charge in [0.05, 0.1) is 12.1 Å². The summed E-state index contributed by atoms with van der Waals surface area (Å²) in [4.78, 5) is 0. The topological polar surface area (TPSA) is 41.5 Å². The number of nitrogens with one attached hydrogen (secondary N) is 1. The maximum atomic E-state index is 13.2. The maximum absolute atomic E-state index is 13.2. The third-order valence-corrected chi connectivity index (χ3v) is 3.59. The zero-order valence-electron chi connectivity index (χ0n) is 11.2. The molecular weight excluding hydrogens is 276 g/mol. The van der Waals surface area contributed by atoms with Gasteiger partial charge in [-0.1, -0.05) is 24.3 Å². The van der Waals surface area contributed by atoms with Crippen LogP contribution in [-0.2, 0) is 0 Å². The monoisotopic (exact) mass is 291 g/mol. The summed E-state index contributed by atoms with van der Waals surface area (Å²) in [5.41, 5.74) is 1.38. The van der Waals surface area contributed by atoms with Crippen LogP contribution in [0.5, 0.6) is 5.75 Å². The van der Waals surface area contributed by atoms with Gasteiger partial charge < -0.3 is 15.2 Å². The van der Waals surface area contributed by atoms with E-state index in [1.807, 2.05) is 24.3 Å². The molecule has 0 saturated heterocycles. The molecular formula is C16H15F2NO2. The van der Waals surface area contributed by atoms with Crippen molar-refractivity contribution < 1.29 is 18.6 Å². The lowest BCUT2D eigenvalue weighted by atomic mass is 10.1. The number of aliphatic hydroxyl groups excluding tert-OH is 1. The van der Waals surface area contributed by atoms with Crippen molar-refractivity contribution >= 4 is 0 Å². The minimum atomic E-state index is -0.957. The molecule has 0 amide bonds. The summed E-state index contributed by atoms with van der Waals surface area (Å²) < 4.78 is 31.6. The van der Waals surface area contributed by atoms with Crippen molar-refractivity contribution in [3.8, 4) is 5.75 Å². The lowest BCUT2D eigenvalue weighted by molar-refractivity contribution is 0.166. The molecule has 0 saturated carbocycles. The molecule has 0 bridgehead atoms. The van der Waals surface area contributed by atoms with E-state index in [4.69, 9.17) is 4.74 Å². The van der Waals surface area contributed by atoms with Crippen molar-refractivity contribution in [2.45, 2.75) is 12.1 Å². The Morgan fingerprint density at radius 1 is 1.19 bits per heavy atom. The molecule has 5 heteroatoms. The second-order valence-electron chi connectivity index (χ2n) is 5.00. The van der Waals surface area contributed by atoms with Crippen molar-refractivity contribution in [1.29, 1.82) is 0 Å². The third kappa shape index (κ3) is 2.89. The Hall–Kier alpha value is -1.98. The molecule has 2 unspecified atom stereocenters. The van der Waals surface area contributed by atoms with E-state index < -0.39 is 17.7 Å². The quantitative estimate of drug-likeness (QED) is 0.910. The molecule has 1 heterocycles. The highest BCUT2D eigenvalue weighted by Gasteiger charge is 2.24. The van der Waals surface area contributed by atoms with Gasteiger partial charge in [-0.25, -0.2) is 8.78 Å². The van der Waals surface area contributed by atoms with Crippen LogP contribution in [-0.4, -0.2) is 18.3 Å². The standard InChI is InChI=1S/C16H15F2NO2/c17-12-6-5-10(7-13(12)18)15(20)8-19-14-9-21-16-4-2-1-3-11(14)16/h1-7,14-15,19-20H,8-9H2. The first-order valence-corrected chi connectivity index (χ1v) is 6.73. The molecule has 110 valence electrons. The molecule has 0 aliphatic carbocycles. The molecule has 2 aromatic rings. The Labute approximate surface area is 121 Å². The second-order valence-corrected chi connectivity index (χ2v) is 5.00. The molecule has 0 fully saturated rings. The smallest absolute Gasteiger partial charge is 0.159 e. The van der Waals surface area contributed by atoms with Crippen molar-refractivity contribution in [3.05, 3.63) is 65.2 Å². The molecule has 0 radical (unpaired) electrons. The van der Waals surface area contributed by atoms with Crippen molar-refractivity contribution in [3.63, 3.8) is 0 Å². The molecule has 1 aliphatic heterocycles. The SMILES string of the molecule is OC(CNC1COc2ccccc21)c1ccc(F)c(F)c1. The zero-order chi connectivity index (χ0) is 14.8. The Morgan fingerprint density at radius 3 is 2.81 bits per heavy atom. The molecule has 1 aliphatic rings. The van der Waals surface area contributed by atoms with Crippen LogP contribution in [0.15, 0.2) is 42.5 Å². The summed E-state index contributed by atoms with van der Waals surface area (Å²) in [6, 6.07) is 11.1. The minimum Gasteiger partial charge on any atom is -0.491 e. The summed E-state index contributed by atoms with van der Waals surface area (Å²) in [5.74, 6) is -1.05. The fourth-order valence-corrected chi connectivity index (χ4v) is 2.42. The fraction of sp³-hybridized carbons (Fsp3) is 0.250. The van der Waals surface area contributed by atoms with Gasteiger partial charge in [-0.2, -0.15) is 0 Å². The molecule has 0 aromatic heterocycles. The summed E-state index contributed by atoms with van der Waals surface area (Å²) in [7, 11) is 0. The van der Waals surface area contributed by atoms with Gasteiger partial charge in [-0.15, -0.1) is 0 Å². The first kappa shape index (κ1) is 14.0. The van der Waals surface area contributed by atoms with E-state index in [1.54, 1.807) is 0 Å². The van der Waals surface area contributed by atoms with E-state index in [9.17, 15) is 13.9 Å². The predicted octanol–water partition coefficient (Wildman–Crippen LogP) is 2.72. The average Bonchev–Trinajstić information content (AvgIpc) is 2.91. The number of halogens is 2. The van der Waals surface area contributed by atoms with Crippen LogP contribution in [0.25, 0.3) is 0 Å². The average molecular weight is 291 g/mol. The molecule has 0 spiro atoms. The number of fused-ring (bicyclic) bond motifs is 1. The van der Waals surface area contributed by atoms with Crippen LogP contribution in [0.4, 0.5) is 8.78 Å². The number of hydrogen-bond acceptors (Lipinski definition) is 3. The highest BCUT2D eigenvalue weighted by Crippen LogP contribution is 2.31. The summed E-state index contributed by atoms with van der Waals surface area (Å²) in [5, 5.41) is 13.2. The highest BCUT2D eigenvalue weighted by atomic mass is 19.2. The van der Waals surface area contributed by atoms with Gasteiger partial charge in [0.25, 0.3) is 0 Å².